The van der Waals surface area contributed by atoms with Gasteiger partial charge in [0.15, 0.2) is 0 Å². The van der Waals surface area contributed by atoms with Crippen LogP contribution < -0.4 is 5.32 Å². The van der Waals surface area contributed by atoms with E-state index in [0.29, 0.717) is 19.7 Å². The van der Waals surface area contributed by atoms with Crippen LogP contribution in [0, 0.1) is 0 Å². The predicted octanol–water partition coefficient (Wildman–Crippen LogP) is 0.230. The van der Waals surface area contributed by atoms with Gasteiger partial charge in [0.25, 0.3) is 0 Å². The van der Waals surface area contributed by atoms with Crippen molar-refractivity contribution in [3.63, 3.8) is 0 Å². The maximum atomic E-state index is 11.5. The number of likely N-dealkylation sites (N-methyl/N-ethyl adjacent to an activating group) is 1. The highest BCUT2D eigenvalue weighted by Gasteiger charge is 2.11. The van der Waals surface area contributed by atoms with E-state index in [4.69, 9.17) is 9.84 Å². The lowest BCUT2D eigenvalue weighted by Crippen LogP contribution is -2.41. The molecule has 0 saturated heterocycles. The first kappa shape index (κ1) is 16.4. The quantitative estimate of drug-likeness (QED) is 0.572. The van der Waals surface area contributed by atoms with E-state index in [9.17, 15) is 4.79 Å². The summed E-state index contributed by atoms with van der Waals surface area (Å²) in [4.78, 5) is 13.3. The van der Waals surface area contributed by atoms with Crippen LogP contribution in [0.2, 0.25) is 0 Å². The van der Waals surface area contributed by atoms with Gasteiger partial charge in [0.05, 0.1) is 19.3 Å². The van der Waals surface area contributed by atoms with Gasteiger partial charge in [-0.1, -0.05) is 0 Å². The molecule has 1 unspecified atom stereocenters. The molecule has 0 aliphatic carbocycles. The third-order valence-corrected chi connectivity index (χ3v) is 2.50. The zero-order valence-corrected chi connectivity index (χ0v) is 11.4. The smallest absolute Gasteiger partial charge is 0.234 e. The van der Waals surface area contributed by atoms with Crippen molar-refractivity contribution in [3.05, 3.63) is 0 Å². The van der Waals surface area contributed by atoms with E-state index in [0.717, 1.165) is 6.42 Å². The summed E-state index contributed by atoms with van der Waals surface area (Å²) in [7, 11) is 1.82. The Hall–Kier alpha value is -0.650. The number of nitrogens with one attached hydrogen (secondary N) is 1. The molecule has 0 aromatic carbocycles. The van der Waals surface area contributed by atoms with Crippen molar-refractivity contribution in [2.45, 2.75) is 39.3 Å². The molecule has 1 atom stereocenters. The Labute approximate surface area is 104 Å². The molecule has 0 rings (SSSR count). The maximum Gasteiger partial charge on any atom is 0.234 e. The molecule has 102 valence electrons. The summed E-state index contributed by atoms with van der Waals surface area (Å²) in [6.07, 6.45) is 1.06. The number of carbonyl (C=O) groups is 1. The molecule has 0 radical (unpaired) electrons. The van der Waals surface area contributed by atoms with Gasteiger partial charge in [0, 0.05) is 19.2 Å². The number of nitrogens with zero attached hydrogens (tertiary/aromatic N) is 1. The number of hydrogen-bond acceptors (Lipinski definition) is 4. The van der Waals surface area contributed by atoms with Crippen molar-refractivity contribution in [1.29, 1.82) is 0 Å². The average Bonchev–Trinajstić information content (AvgIpc) is 2.26. The molecular formula is C12H26N2O3. The maximum absolute atomic E-state index is 11.5. The normalized spacial score (nSPS) is 13.1. The van der Waals surface area contributed by atoms with Gasteiger partial charge in [-0.2, -0.15) is 0 Å². The number of carbonyl (C=O) groups excluding carboxylic acids is 1. The number of ether oxygens (including phenoxy) is 1. The third-order valence-electron chi connectivity index (χ3n) is 2.50. The summed E-state index contributed by atoms with van der Waals surface area (Å²) < 4.78 is 5.37. The molecule has 0 aliphatic rings. The molecule has 0 aromatic rings. The van der Waals surface area contributed by atoms with Gasteiger partial charge < -0.3 is 15.2 Å². The van der Waals surface area contributed by atoms with Gasteiger partial charge in [-0.15, -0.1) is 0 Å². The van der Waals surface area contributed by atoms with Gasteiger partial charge >= 0.3 is 0 Å². The second-order valence-corrected chi connectivity index (χ2v) is 4.57. The van der Waals surface area contributed by atoms with Crippen molar-refractivity contribution in [3.8, 4) is 0 Å². The van der Waals surface area contributed by atoms with E-state index in [-0.39, 0.29) is 24.7 Å². The topological polar surface area (TPSA) is 61.8 Å². The SMILES string of the molecule is CC(C)OCCCNC(=O)CN(C)C(C)CO. The highest BCUT2D eigenvalue weighted by molar-refractivity contribution is 5.77. The zero-order valence-electron chi connectivity index (χ0n) is 11.4. The Kier molecular flexibility index (Phi) is 9.03. The molecule has 1 amide bonds. The van der Waals surface area contributed by atoms with Crippen LogP contribution in [0.3, 0.4) is 0 Å². The molecule has 0 spiro atoms. The van der Waals surface area contributed by atoms with Crippen LogP contribution in [0.4, 0.5) is 0 Å². The first-order valence-corrected chi connectivity index (χ1v) is 6.16. The van der Waals surface area contributed by atoms with Crippen LogP contribution >= 0.6 is 0 Å². The van der Waals surface area contributed by atoms with Crippen molar-refractivity contribution < 1.29 is 14.6 Å². The van der Waals surface area contributed by atoms with E-state index in [2.05, 4.69) is 5.32 Å². The molecule has 0 aliphatic heterocycles. The molecule has 17 heavy (non-hydrogen) atoms. The van der Waals surface area contributed by atoms with Gasteiger partial charge in [0.2, 0.25) is 5.91 Å². The largest absolute Gasteiger partial charge is 0.395 e. The van der Waals surface area contributed by atoms with Crippen LogP contribution in [0.1, 0.15) is 27.2 Å². The Morgan fingerprint density at radius 1 is 1.41 bits per heavy atom. The molecule has 0 bridgehead atoms. The third kappa shape index (κ3) is 9.09. The van der Waals surface area contributed by atoms with Crippen LogP contribution in [0.15, 0.2) is 0 Å². The number of rotatable bonds is 9. The van der Waals surface area contributed by atoms with E-state index < -0.39 is 0 Å². The second kappa shape index (κ2) is 9.39. The van der Waals surface area contributed by atoms with Gasteiger partial charge in [-0.25, -0.2) is 0 Å². The second-order valence-electron chi connectivity index (χ2n) is 4.57. The monoisotopic (exact) mass is 246 g/mol. The number of aliphatic hydroxyl groups is 1. The Bertz CT molecular complexity index is 210. The Morgan fingerprint density at radius 2 is 2.06 bits per heavy atom. The van der Waals surface area contributed by atoms with Crippen LogP contribution in [-0.2, 0) is 9.53 Å². The highest BCUT2D eigenvalue weighted by Crippen LogP contribution is 1.93. The Balaban J connectivity index is 3.53. The molecule has 5 heteroatoms. The van der Waals surface area contributed by atoms with Crippen molar-refractivity contribution in [2.75, 3.05) is 33.4 Å². The number of hydrogen-bond donors (Lipinski definition) is 2. The standard InChI is InChI=1S/C12H26N2O3/c1-10(2)17-7-5-6-13-12(16)8-14(4)11(3)9-15/h10-11,15H,5-9H2,1-4H3,(H,13,16). The van der Waals surface area contributed by atoms with Crippen molar-refractivity contribution in [1.82, 2.24) is 10.2 Å². The first-order chi connectivity index (χ1) is 7.97. The van der Waals surface area contributed by atoms with Gasteiger partial charge in [-0.3, -0.25) is 9.69 Å². The van der Waals surface area contributed by atoms with E-state index in [1.807, 2.05) is 32.7 Å². The fourth-order valence-electron chi connectivity index (χ4n) is 1.20. The fraction of sp³-hybridized carbons (Fsp3) is 0.917. The van der Waals surface area contributed by atoms with Crippen molar-refractivity contribution in [2.24, 2.45) is 0 Å². The van der Waals surface area contributed by atoms with Gasteiger partial charge in [0.1, 0.15) is 0 Å². The zero-order chi connectivity index (χ0) is 13.3. The lowest BCUT2D eigenvalue weighted by Gasteiger charge is -2.21. The summed E-state index contributed by atoms with van der Waals surface area (Å²) in [6, 6.07) is 0.00465. The summed E-state index contributed by atoms with van der Waals surface area (Å²) >= 11 is 0. The van der Waals surface area contributed by atoms with Crippen molar-refractivity contribution >= 4 is 5.91 Å². The summed E-state index contributed by atoms with van der Waals surface area (Å²) in [6.45, 7) is 7.53. The minimum absolute atomic E-state index is 0.00465. The average molecular weight is 246 g/mol. The summed E-state index contributed by atoms with van der Waals surface area (Å²) in [5.41, 5.74) is 0. The van der Waals surface area contributed by atoms with Crippen LogP contribution in [0.5, 0.6) is 0 Å². The molecule has 0 fully saturated rings. The predicted molar refractivity (Wildman–Crippen MR) is 67.9 cm³/mol. The highest BCUT2D eigenvalue weighted by atomic mass is 16.5. The molecule has 0 aromatic heterocycles. The summed E-state index contributed by atoms with van der Waals surface area (Å²) in [5.74, 6) is -0.0163. The van der Waals surface area contributed by atoms with E-state index in [1.54, 1.807) is 0 Å². The minimum Gasteiger partial charge on any atom is -0.395 e. The number of amides is 1. The first-order valence-electron chi connectivity index (χ1n) is 6.16. The number of aliphatic hydroxyl groups excluding tert-OH is 1. The molecule has 0 heterocycles. The summed E-state index contributed by atoms with van der Waals surface area (Å²) in [5, 5.41) is 11.8. The van der Waals surface area contributed by atoms with Crippen LogP contribution in [0.25, 0.3) is 0 Å². The minimum atomic E-state index is -0.0163. The van der Waals surface area contributed by atoms with Gasteiger partial charge in [-0.05, 0) is 34.2 Å². The molecule has 5 nitrogen and oxygen atoms in total. The van der Waals surface area contributed by atoms with E-state index in [1.165, 1.54) is 0 Å². The fourth-order valence-corrected chi connectivity index (χ4v) is 1.20. The van der Waals surface area contributed by atoms with E-state index >= 15 is 0 Å². The lowest BCUT2D eigenvalue weighted by molar-refractivity contribution is -0.122. The Morgan fingerprint density at radius 3 is 2.59 bits per heavy atom. The lowest BCUT2D eigenvalue weighted by atomic mass is 10.3. The molecule has 2 N–H and O–H groups in total. The molecular weight excluding hydrogens is 220 g/mol. The van der Waals surface area contributed by atoms with Crippen LogP contribution in [-0.4, -0.2) is 61.4 Å². The molecule has 0 saturated carbocycles.